The number of carbonyl (C=O) groups excluding carboxylic acids is 3. The minimum atomic E-state index is -4.65. The summed E-state index contributed by atoms with van der Waals surface area (Å²) >= 11 is 0. The van der Waals surface area contributed by atoms with Gasteiger partial charge in [0.05, 0.1) is 17.7 Å². The Balaban J connectivity index is 1.54. The number of alkyl halides is 3. The van der Waals surface area contributed by atoms with Crippen LogP contribution < -0.4 is 5.32 Å². The first-order chi connectivity index (χ1) is 13.3. The molecule has 1 aromatic carbocycles. The zero-order valence-electron chi connectivity index (χ0n) is 15.3. The van der Waals surface area contributed by atoms with Gasteiger partial charge < -0.3 is 15.1 Å². The van der Waals surface area contributed by atoms with Gasteiger partial charge in [-0.1, -0.05) is 12.1 Å². The lowest BCUT2D eigenvalue weighted by Crippen LogP contribution is -2.42. The average molecular weight is 397 g/mol. The third-order valence-electron chi connectivity index (χ3n) is 4.96. The smallest absolute Gasteiger partial charge is 0.343 e. The summed E-state index contributed by atoms with van der Waals surface area (Å²) in [6, 6.07) is 4.45. The summed E-state index contributed by atoms with van der Waals surface area (Å²) in [5.41, 5.74) is -1.55. The molecule has 6 nitrogen and oxygen atoms in total. The van der Waals surface area contributed by atoms with Crippen LogP contribution in [0.5, 0.6) is 0 Å². The van der Waals surface area contributed by atoms with Crippen molar-refractivity contribution in [2.45, 2.75) is 25.4 Å². The van der Waals surface area contributed by atoms with E-state index in [0.717, 1.165) is 25.0 Å². The minimum absolute atomic E-state index is 0.121. The van der Waals surface area contributed by atoms with Gasteiger partial charge in [0.25, 0.3) is 5.91 Å². The molecule has 2 aliphatic rings. The summed E-state index contributed by atoms with van der Waals surface area (Å²) in [4.78, 5) is 40.0. The Bertz CT molecular complexity index is 762. The molecule has 9 heteroatoms. The predicted octanol–water partition coefficient (Wildman–Crippen LogP) is 1.91. The SMILES string of the molecule is O=C(NCC(=O)N1CCCN(C(=O)C2CC2)CC1)c1ccccc1C(F)(F)F. The number of amides is 3. The summed E-state index contributed by atoms with van der Waals surface area (Å²) in [6.07, 6.45) is -2.18. The van der Waals surface area contributed by atoms with Crippen molar-refractivity contribution < 1.29 is 27.6 Å². The molecule has 1 saturated heterocycles. The molecule has 1 N–H and O–H groups in total. The first kappa shape index (κ1) is 20.2. The van der Waals surface area contributed by atoms with Gasteiger partial charge in [-0.05, 0) is 31.4 Å². The predicted molar refractivity (Wildman–Crippen MR) is 94.3 cm³/mol. The van der Waals surface area contributed by atoms with Gasteiger partial charge in [0, 0.05) is 32.1 Å². The molecule has 1 aliphatic carbocycles. The van der Waals surface area contributed by atoms with Gasteiger partial charge in [-0.15, -0.1) is 0 Å². The van der Waals surface area contributed by atoms with Gasteiger partial charge in [-0.2, -0.15) is 13.2 Å². The molecule has 3 amide bonds. The maximum Gasteiger partial charge on any atom is 0.417 e. The van der Waals surface area contributed by atoms with E-state index in [1.807, 2.05) is 0 Å². The summed E-state index contributed by atoms with van der Waals surface area (Å²) in [5.74, 6) is -1.07. The standard InChI is InChI=1S/C19H22F3N3O3/c20-19(21,22)15-5-2-1-4-14(15)17(27)23-12-16(26)24-8-3-9-25(11-10-24)18(28)13-6-7-13/h1-2,4-5,13H,3,6-12H2,(H,23,27). The van der Waals surface area contributed by atoms with Crippen LogP contribution in [0, 0.1) is 5.92 Å². The molecule has 152 valence electrons. The van der Waals surface area contributed by atoms with Crippen molar-refractivity contribution in [3.05, 3.63) is 35.4 Å². The number of carbonyl (C=O) groups is 3. The van der Waals surface area contributed by atoms with Crippen LogP contribution in [0.3, 0.4) is 0 Å². The number of hydrogen-bond acceptors (Lipinski definition) is 3. The molecule has 2 fully saturated rings. The lowest BCUT2D eigenvalue weighted by atomic mass is 10.1. The Hall–Kier alpha value is -2.58. The normalized spacial score (nSPS) is 17.8. The quantitative estimate of drug-likeness (QED) is 0.844. The lowest BCUT2D eigenvalue weighted by Gasteiger charge is -2.22. The molecule has 0 aromatic heterocycles. The third-order valence-corrected chi connectivity index (χ3v) is 4.96. The van der Waals surface area contributed by atoms with Crippen LogP contribution >= 0.6 is 0 Å². The Morgan fingerprint density at radius 3 is 2.32 bits per heavy atom. The van der Waals surface area contributed by atoms with E-state index in [4.69, 9.17) is 0 Å². The van der Waals surface area contributed by atoms with Gasteiger partial charge in [-0.3, -0.25) is 14.4 Å². The van der Waals surface area contributed by atoms with E-state index in [9.17, 15) is 27.6 Å². The van der Waals surface area contributed by atoms with Gasteiger partial charge in [0.15, 0.2) is 0 Å². The topological polar surface area (TPSA) is 69.7 Å². The summed E-state index contributed by atoms with van der Waals surface area (Å²) in [7, 11) is 0. The second-order valence-electron chi connectivity index (χ2n) is 7.06. The number of halogens is 3. The number of rotatable bonds is 4. The van der Waals surface area contributed by atoms with Gasteiger partial charge in [0.1, 0.15) is 0 Å². The van der Waals surface area contributed by atoms with Gasteiger partial charge in [-0.25, -0.2) is 0 Å². The van der Waals surface area contributed by atoms with Crippen molar-refractivity contribution in [3.8, 4) is 0 Å². The number of nitrogens with zero attached hydrogens (tertiary/aromatic N) is 2. The van der Waals surface area contributed by atoms with Crippen LogP contribution in [0.15, 0.2) is 24.3 Å². The summed E-state index contributed by atoms with van der Waals surface area (Å²) in [5, 5.41) is 2.28. The second-order valence-corrected chi connectivity index (χ2v) is 7.06. The lowest BCUT2D eigenvalue weighted by molar-refractivity contribution is -0.138. The van der Waals surface area contributed by atoms with Crippen molar-refractivity contribution in [2.75, 3.05) is 32.7 Å². The van der Waals surface area contributed by atoms with Crippen LogP contribution in [0.4, 0.5) is 13.2 Å². The van der Waals surface area contributed by atoms with Crippen LogP contribution in [0.1, 0.15) is 35.2 Å². The highest BCUT2D eigenvalue weighted by Gasteiger charge is 2.35. The van der Waals surface area contributed by atoms with Crippen LogP contribution in [0.25, 0.3) is 0 Å². The Morgan fingerprint density at radius 1 is 1.00 bits per heavy atom. The molecule has 1 saturated carbocycles. The minimum Gasteiger partial charge on any atom is -0.343 e. The largest absolute Gasteiger partial charge is 0.417 e. The van der Waals surface area contributed by atoms with E-state index in [0.29, 0.717) is 32.6 Å². The molecule has 1 heterocycles. The van der Waals surface area contributed by atoms with Crippen molar-refractivity contribution >= 4 is 17.7 Å². The molecular weight excluding hydrogens is 375 g/mol. The zero-order chi connectivity index (χ0) is 20.3. The number of benzene rings is 1. The fourth-order valence-corrected chi connectivity index (χ4v) is 3.27. The number of nitrogens with one attached hydrogen (secondary N) is 1. The molecular formula is C19H22F3N3O3. The number of hydrogen-bond donors (Lipinski definition) is 1. The van der Waals surface area contributed by atoms with Gasteiger partial charge >= 0.3 is 6.18 Å². The Kier molecular flexibility index (Phi) is 5.90. The molecule has 1 aromatic rings. The van der Waals surface area contributed by atoms with Crippen molar-refractivity contribution in [2.24, 2.45) is 5.92 Å². The highest BCUT2D eigenvalue weighted by atomic mass is 19.4. The molecule has 0 bridgehead atoms. The van der Waals surface area contributed by atoms with E-state index in [2.05, 4.69) is 5.32 Å². The van der Waals surface area contributed by atoms with E-state index in [-0.39, 0.29) is 24.3 Å². The Labute approximate surface area is 160 Å². The fraction of sp³-hybridized carbons (Fsp3) is 0.526. The summed E-state index contributed by atoms with van der Waals surface area (Å²) < 4.78 is 39.1. The first-order valence-electron chi connectivity index (χ1n) is 9.28. The summed E-state index contributed by atoms with van der Waals surface area (Å²) in [6.45, 7) is 1.44. The van der Waals surface area contributed by atoms with Crippen molar-refractivity contribution in [3.63, 3.8) is 0 Å². The molecule has 0 atom stereocenters. The van der Waals surface area contributed by atoms with E-state index in [1.54, 1.807) is 4.90 Å². The second kappa shape index (κ2) is 8.20. The van der Waals surface area contributed by atoms with E-state index in [1.165, 1.54) is 17.0 Å². The third kappa shape index (κ3) is 4.82. The Morgan fingerprint density at radius 2 is 1.64 bits per heavy atom. The molecule has 3 rings (SSSR count). The maximum atomic E-state index is 13.0. The average Bonchev–Trinajstić information content (AvgIpc) is 3.51. The van der Waals surface area contributed by atoms with Gasteiger partial charge in [0.2, 0.25) is 11.8 Å². The fourth-order valence-electron chi connectivity index (χ4n) is 3.27. The van der Waals surface area contributed by atoms with Crippen LogP contribution in [0.2, 0.25) is 0 Å². The first-order valence-corrected chi connectivity index (χ1v) is 9.28. The van der Waals surface area contributed by atoms with E-state index >= 15 is 0 Å². The maximum absolute atomic E-state index is 13.0. The van der Waals surface area contributed by atoms with Crippen molar-refractivity contribution in [1.29, 1.82) is 0 Å². The van der Waals surface area contributed by atoms with Crippen LogP contribution in [-0.4, -0.2) is 60.2 Å². The monoisotopic (exact) mass is 397 g/mol. The van der Waals surface area contributed by atoms with Crippen LogP contribution in [-0.2, 0) is 15.8 Å². The zero-order valence-corrected chi connectivity index (χ0v) is 15.3. The van der Waals surface area contributed by atoms with E-state index < -0.39 is 23.2 Å². The molecule has 0 radical (unpaired) electrons. The molecule has 28 heavy (non-hydrogen) atoms. The molecule has 0 unspecified atom stereocenters. The van der Waals surface area contributed by atoms with Crippen molar-refractivity contribution in [1.82, 2.24) is 15.1 Å². The molecule has 0 spiro atoms. The highest BCUT2D eigenvalue weighted by Crippen LogP contribution is 2.32. The molecule has 1 aliphatic heterocycles. The highest BCUT2D eigenvalue weighted by molar-refractivity contribution is 5.97.